The molecule has 0 spiro atoms. The van der Waals surface area contributed by atoms with Crippen molar-refractivity contribution in [3.05, 3.63) is 101 Å². The van der Waals surface area contributed by atoms with Crippen LogP contribution in [0.2, 0.25) is 0 Å². The second-order valence-electron chi connectivity index (χ2n) is 10.2. The smallest absolute Gasteiger partial charge is 0.261 e. The lowest BCUT2D eigenvalue weighted by molar-refractivity contribution is -0.143. The molecule has 200 valence electrons. The molecule has 1 atom stereocenters. The molecule has 3 aromatic carbocycles. The number of hydrogen-bond donors (Lipinski definition) is 1. The van der Waals surface area contributed by atoms with Crippen LogP contribution in [0.4, 0.5) is 4.39 Å². The van der Waals surface area contributed by atoms with Crippen LogP contribution < -0.4 is 10.1 Å². The predicted molar refractivity (Wildman–Crippen MR) is 147 cm³/mol. The summed E-state index contributed by atoms with van der Waals surface area (Å²) in [6.45, 7) is 3.61. The van der Waals surface area contributed by atoms with E-state index in [-0.39, 0.29) is 31.0 Å². The van der Waals surface area contributed by atoms with Gasteiger partial charge < -0.3 is 15.0 Å². The van der Waals surface area contributed by atoms with E-state index >= 15 is 0 Å². The second-order valence-corrected chi connectivity index (χ2v) is 10.2. The van der Waals surface area contributed by atoms with Gasteiger partial charge in [-0.1, -0.05) is 79.9 Å². The van der Waals surface area contributed by atoms with Crippen molar-refractivity contribution in [2.75, 3.05) is 6.61 Å². The summed E-state index contributed by atoms with van der Waals surface area (Å²) in [5.74, 6) is -0.367. The summed E-state index contributed by atoms with van der Waals surface area (Å²) in [5, 5.41) is 3.20. The number of nitrogens with one attached hydrogen (secondary N) is 1. The Balaban J connectivity index is 1.63. The highest BCUT2D eigenvalue weighted by atomic mass is 19.1. The first-order valence-electron chi connectivity index (χ1n) is 13.5. The van der Waals surface area contributed by atoms with E-state index in [0.29, 0.717) is 17.7 Å². The van der Waals surface area contributed by atoms with Crippen molar-refractivity contribution in [3.63, 3.8) is 0 Å². The highest BCUT2D eigenvalue weighted by molar-refractivity contribution is 5.88. The Kier molecular flexibility index (Phi) is 9.52. The maximum atomic E-state index is 14.8. The van der Waals surface area contributed by atoms with Crippen LogP contribution in [0.1, 0.15) is 54.4 Å². The average Bonchev–Trinajstić information content (AvgIpc) is 2.93. The Morgan fingerprint density at radius 1 is 0.974 bits per heavy atom. The third-order valence-corrected chi connectivity index (χ3v) is 7.22. The predicted octanol–water partition coefficient (Wildman–Crippen LogP) is 5.91. The van der Waals surface area contributed by atoms with Gasteiger partial charge in [-0.05, 0) is 55.5 Å². The first-order valence-corrected chi connectivity index (χ1v) is 13.5. The summed E-state index contributed by atoms with van der Waals surface area (Å²) in [6.07, 6.45) is 5.52. The Morgan fingerprint density at radius 3 is 2.42 bits per heavy atom. The number of aryl methyl sites for hydroxylation is 2. The molecule has 38 heavy (non-hydrogen) atoms. The van der Waals surface area contributed by atoms with Crippen molar-refractivity contribution < 1.29 is 18.7 Å². The van der Waals surface area contributed by atoms with Gasteiger partial charge in [0, 0.05) is 24.6 Å². The zero-order chi connectivity index (χ0) is 26.9. The highest BCUT2D eigenvalue weighted by Crippen LogP contribution is 2.22. The van der Waals surface area contributed by atoms with Gasteiger partial charge >= 0.3 is 0 Å². The van der Waals surface area contributed by atoms with Crippen LogP contribution in [0.3, 0.4) is 0 Å². The van der Waals surface area contributed by atoms with Gasteiger partial charge in [-0.25, -0.2) is 4.39 Å². The number of nitrogens with zero attached hydrogens (tertiary/aromatic N) is 1. The summed E-state index contributed by atoms with van der Waals surface area (Å²) >= 11 is 0. The summed E-state index contributed by atoms with van der Waals surface area (Å²) in [6, 6.07) is 21.1. The minimum absolute atomic E-state index is 0.0305. The van der Waals surface area contributed by atoms with Gasteiger partial charge in [-0.3, -0.25) is 9.59 Å². The van der Waals surface area contributed by atoms with Crippen molar-refractivity contribution in [3.8, 4) is 5.75 Å². The highest BCUT2D eigenvalue weighted by Gasteiger charge is 2.32. The number of halogens is 1. The molecule has 2 amide bonds. The van der Waals surface area contributed by atoms with Crippen molar-refractivity contribution in [1.82, 2.24) is 10.2 Å². The van der Waals surface area contributed by atoms with Crippen LogP contribution in [-0.4, -0.2) is 35.4 Å². The minimum atomic E-state index is -0.811. The standard InChI is InChI=1S/C32H37FN2O3/c1-23-17-18-24(2)30(19-23)38-22-31(36)35(21-26-13-9-10-16-28(26)33)29(20-25-11-5-3-6-12-25)32(37)34-27-14-7-4-8-15-27/h3,5-6,9-13,16-19,27,29H,4,7-8,14-15,20-22H2,1-2H3,(H,34,37)/t29-/m1/s1. The summed E-state index contributed by atoms with van der Waals surface area (Å²) in [5.41, 5.74) is 3.23. The van der Waals surface area contributed by atoms with Gasteiger partial charge in [0.2, 0.25) is 5.91 Å². The number of ether oxygens (including phenoxy) is 1. The molecule has 0 unspecified atom stereocenters. The molecule has 6 heteroatoms. The maximum Gasteiger partial charge on any atom is 0.261 e. The van der Waals surface area contributed by atoms with Gasteiger partial charge in [0.25, 0.3) is 5.91 Å². The molecular formula is C32H37FN2O3. The molecular weight excluding hydrogens is 479 g/mol. The molecule has 4 rings (SSSR count). The molecule has 5 nitrogen and oxygen atoms in total. The molecule has 1 fully saturated rings. The lowest BCUT2D eigenvalue weighted by atomic mass is 9.94. The van der Waals surface area contributed by atoms with Crippen molar-refractivity contribution >= 4 is 11.8 Å². The largest absolute Gasteiger partial charge is 0.483 e. The van der Waals surface area contributed by atoms with Crippen LogP contribution in [0.25, 0.3) is 0 Å². The molecule has 1 saturated carbocycles. The summed E-state index contributed by atoms with van der Waals surface area (Å²) in [7, 11) is 0. The van der Waals surface area contributed by atoms with Crippen LogP contribution in [0.15, 0.2) is 72.8 Å². The first-order chi connectivity index (χ1) is 18.4. The number of amides is 2. The summed E-state index contributed by atoms with van der Waals surface area (Å²) in [4.78, 5) is 29.0. The maximum absolute atomic E-state index is 14.8. The number of carbonyl (C=O) groups excluding carboxylic acids is 2. The van der Waals surface area contributed by atoms with Gasteiger partial charge in [-0.2, -0.15) is 0 Å². The molecule has 0 bridgehead atoms. The number of benzene rings is 3. The third-order valence-electron chi connectivity index (χ3n) is 7.22. The fraction of sp³-hybridized carbons (Fsp3) is 0.375. The molecule has 0 aromatic heterocycles. The molecule has 0 saturated heterocycles. The monoisotopic (exact) mass is 516 g/mol. The van der Waals surface area contributed by atoms with Gasteiger partial charge in [-0.15, -0.1) is 0 Å². The lowest BCUT2D eigenvalue weighted by Crippen LogP contribution is -2.53. The molecule has 0 heterocycles. The minimum Gasteiger partial charge on any atom is -0.483 e. The molecule has 1 aliphatic carbocycles. The van der Waals surface area contributed by atoms with Crippen LogP contribution in [-0.2, 0) is 22.6 Å². The fourth-order valence-electron chi connectivity index (χ4n) is 4.99. The van der Waals surface area contributed by atoms with E-state index in [1.54, 1.807) is 18.2 Å². The van der Waals surface area contributed by atoms with E-state index in [4.69, 9.17) is 4.74 Å². The first kappa shape index (κ1) is 27.4. The topological polar surface area (TPSA) is 58.6 Å². The molecule has 0 radical (unpaired) electrons. The van der Waals surface area contributed by atoms with E-state index in [1.165, 1.54) is 17.4 Å². The zero-order valence-electron chi connectivity index (χ0n) is 22.3. The lowest BCUT2D eigenvalue weighted by Gasteiger charge is -2.33. The number of rotatable bonds is 10. The van der Waals surface area contributed by atoms with Gasteiger partial charge in [0.15, 0.2) is 6.61 Å². The fourth-order valence-corrected chi connectivity index (χ4v) is 4.99. The zero-order valence-corrected chi connectivity index (χ0v) is 22.3. The molecule has 1 N–H and O–H groups in total. The van der Waals surface area contributed by atoms with E-state index < -0.39 is 11.9 Å². The average molecular weight is 517 g/mol. The normalized spacial score (nSPS) is 14.5. The Labute approximate surface area is 225 Å². The SMILES string of the molecule is Cc1ccc(C)c(OCC(=O)N(Cc2ccccc2F)[C@H](Cc2ccccc2)C(=O)NC2CCCCC2)c1. The van der Waals surface area contributed by atoms with Crippen LogP contribution >= 0.6 is 0 Å². The van der Waals surface area contributed by atoms with Crippen molar-refractivity contribution in [1.29, 1.82) is 0 Å². The molecule has 0 aliphatic heterocycles. The van der Waals surface area contributed by atoms with Crippen molar-refractivity contribution in [2.24, 2.45) is 0 Å². The molecule has 1 aliphatic rings. The van der Waals surface area contributed by atoms with E-state index in [0.717, 1.165) is 42.4 Å². The van der Waals surface area contributed by atoms with E-state index in [2.05, 4.69) is 5.32 Å². The third kappa shape index (κ3) is 7.44. The quantitative estimate of drug-likeness (QED) is 0.364. The Hall–Kier alpha value is -3.67. The number of hydrogen-bond acceptors (Lipinski definition) is 3. The Bertz CT molecular complexity index is 1220. The van der Waals surface area contributed by atoms with Gasteiger partial charge in [0.05, 0.1) is 0 Å². The van der Waals surface area contributed by atoms with E-state index in [1.807, 2.05) is 62.4 Å². The Morgan fingerprint density at radius 2 is 1.68 bits per heavy atom. The second kappa shape index (κ2) is 13.2. The van der Waals surface area contributed by atoms with Crippen molar-refractivity contribution in [2.45, 2.75) is 71.0 Å². The summed E-state index contributed by atoms with van der Waals surface area (Å²) < 4.78 is 20.7. The van der Waals surface area contributed by atoms with Crippen LogP contribution in [0.5, 0.6) is 5.75 Å². The van der Waals surface area contributed by atoms with Crippen LogP contribution in [0, 0.1) is 19.7 Å². The number of carbonyl (C=O) groups is 2. The van der Waals surface area contributed by atoms with Gasteiger partial charge in [0.1, 0.15) is 17.6 Å². The van der Waals surface area contributed by atoms with E-state index in [9.17, 15) is 14.0 Å². The molecule has 3 aromatic rings.